The summed E-state index contributed by atoms with van der Waals surface area (Å²) in [5.41, 5.74) is 2.40. The van der Waals surface area contributed by atoms with Gasteiger partial charge in [-0.05, 0) is 74.9 Å². The highest BCUT2D eigenvalue weighted by Crippen LogP contribution is 2.27. The van der Waals surface area contributed by atoms with Crippen molar-refractivity contribution in [1.82, 2.24) is 5.32 Å². The minimum absolute atomic E-state index is 0.0418. The van der Waals surface area contributed by atoms with Gasteiger partial charge in [-0.25, -0.2) is 8.42 Å². The van der Waals surface area contributed by atoms with E-state index >= 15 is 0 Å². The third-order valence-electron chi connectivity index (χ3n) is 5.08. The Labute approximate surface area is 200 Å². The van der Waals surface area contributed by atoms with E-state index in [2.05, 4.69) is 5.32 Å². The van der Waals surface area contributed by atoms with Gasteiger partial charge < -0.3 is 10.1 Å². The first kappa shape index (κ1) is 24.6. The van der Waals surface area contributed by atoms with Crippen LogP contribution in [-0.4, -0.2) is 27.5 Å². The Morgan fingerprint density at radius 3 is 2.18 bits per heavy atom. The predicted octanol–water partition coefficient (Wildman–Crippen LogP) is 5.12. The number of carbonyl (C=O) groups excluding carboxylic acids is 1. The molecule has 0 aliphatic heterocycles. The van der Waals surface area contributed by atoms with Gasteiger partial charge in [0.15, 0.2) is 0 Å². The first-order chi connectivity index (χ1) is 15.7. The molecule has 3 aromatic rings. The van der Waals surface area contributed by atoms with Crippen LogP contribution in [0.15, 0.2) is 77.7 Å². The maximum absolute atomic E-state index is 13.5. The standard InChI is InChI=1S/C25H27ClN2O4S/c1-4-32-23-13-11-22(12-14-23)28(33(30,31)24-15-9-21(26)10-16-24)17-25(29)27-19(3)20-7-5-18(2)6-8-20/h5-16,19H,4,17H2,1-3H3,(H,27,29). The fourth-order valence-corrected chi connectivity index (χ4v) is 4.83. The Bertz CT molecular complexity index is 1180. The number of nitrogens with one attached hydrogen (secondary N) is 1. The lowest BCUT2D eigenvalue weighted by atomic mass is 10.1. The number of amides is 1. The Kier molecular flexibility index (Phi) is 8.00. The number of benzene rings is 3. The van der Waals surface area contributed by atoms with E-state index in [1.165, 1.54) is 24.3 Å². The number of ether oxygens (including phenoxy) is 1. The Morgan fingerprint density at radius 1 is 1.00 bits per heavy atom. The van der Waals surface area contributed by atoms with Gasteiger partial charge in [-0.2, -0.15) is 0 Å². The second-order valence-corrected chi connectivity index (χ2v) is 9.89. The van der Waals surface area contributed by atoms with Gasteiger partial charge in [0.25, 0.3) is 10.0 Å². The molecule has 0 fully saturated rings. The van der Waals surface area contributed by atoms with Crippen LogP contribution in [0.25, 0.3) is 0 Å². The summed E-state index contributed by atoms with van der Waals surface area (Å²) in [4.78, 5) is 13.0. The van der Waals surface area contributed by atoms with Crippen LogP contribution < -0.4 is 14.4 Å². The summed E-state index contributed by atoms with van der Waals surface area (Å²) < 4.78 is 33.4. The normalized spacial score (nSPS) is 12.1. The van der Waals surface area contributed by atoms with Crippen LogP contribution in [-0.2, 0) is 14.8 Å². The molecule has 0 saturated heterocycles. The average Bonchev–Trinajstić information content (AvgIpc) is 2.79. The van der Waals surface area contributed by atoms with Crippen LogP contribution in [0.3, 0.4) is 0 Å². The van der Waals surface area contributed by atoms with Crippen LogP contribution in [0.1, 0.15) is 31.0 Å². The van der Waals surface area contributed by atoms with Crippen molar-refractivity contribution in [3.8, 4) is 5.75 Å². The van der Waals surface area contributed by atoms with Crippen LogP contribution in [0.4, 0.5) is 5.69 Å². The summed E-state index contributed by atoms with van der Waals surface area (Å²) in [6, 6.07) is 20.0. The van der Waals surface area contributed by atoms with Gasteiger partial charge >= 0.3 is 0 Å². The number of rotatable bonds is 9. The third-order valence-corrected chi connectivity index (χ3v) is 7.12. The van der Waals surface area contributed by atoms with Crippen molar-refractivity contribution in [2.45, 2.75) is 31.7 Å². The highest BCUT2D eigenvalue weighted by atomic mass is 35.5. The third kappa shape index (κ3) is 6.27. The molecule has 0 spiro atoms. The van der Waals surface area contributed by atoms with Gasteiger partial charge in [0.1, 0.15) is 12.3 Å². The summed E-state index contributed by atoms with van der Waals surface area (Å²) in [5, 5.41) is 3.31. The Morgan fingerprint density at radius 2 is 1.61 bits per heavy atom. The van der Waals surface area contributed by atoms with Crippen LogP contribution >= 0.6 is 11.6 Å². The van der Waals surface area contributed by atoms with E-state index in [0.717, 1.165) is 15.4 Å². The van der Waals surface area contributed by atoms with Gasteiger partial charge in [0.2, 0.25) is 5.91 Å². The van der Waals surface area contributed by atoms with Crippen molar-refractivity contribution in [2.24, 2.45) is 0 Å². The average molecular weight is 487 g/mol. The topological polar surface area (TPSA) is 75.7 Å². The summed E-state index contributed by atoms with van der Waals surface area (Å²) in [6.45, 7) is 5.83. The van der Waals surface area contributed by atoms with Crippen molar-refractivity contribution in [2.75, 3.05) is 17.5 Å². The molecule has 3 aromatic carbocycles. The molecule has 0 bridgehead atoms. The van der Waals surface area contributed by atoms with Gasteiger partial charge in [-0.3, -0.25) is 9.10 Å². The Hall–Kier alpha value is -3.03. The predicted molar refractivity (Wildman–Crippen MR) is 131 cm³/mol. The molecule has 6 nitrogen and oxygen atoms in total. The number of sulfonamides is 1. The molecule has 1 unspecified atom stereocenters. The molecule has 0 heterocycles. The van der Waals surface area contributed by atoms with E-state index in [1.54, 1.807) is 24.3 Å². The van der Waals surface area contributed by atoms with E-state index in [4.69, 9.17) is 16.3 Å². The second-order valence-electron chi connectivity index (χ2n) is 7.59. The molecule has 0 radical (unpaired) electrons. The van der Waals surface area contributed by atoms with E-state index in [1.807, 2.05) is 45.0 Å². The van der Waals surface area contributed by atoms with Gasteiger partial charge in [0.05, 0.1) is 23.2 Å². The lowest BCUT2D eigenvalue weighted by molar-refractivity contribution is -0.120. The molecular weight excluding hydrogens is 460 g/mol. The smallest absolute Gasteiger partial charge is 0.264 e. The quantitative estimate of drug-likeness (QED) is 0.455. The van der Waals surface area contributed by atoms with Gasteiger partial charge in [-0.1, -0.05) is 41.4 Å². The number of carbonyl (C=O) groups is 1. The van der Waals surface area contributed by atoms with Crippen molar-refractivity contribution >= 4 is 33.2 Å². The largest absolute Gasteiger partial charge is 0.494 e. The van der Waals surface area contributed by atoms with E-state index < -0.39 is 15.9 Å². The van der Waals surface area contributed by atoms with E-state index in [0.29, 0.717) is 23.1 Å². The number of anilines is 1. The molecule has 33 heavy (non-hydrogen) atoms. The number of halogens is 1. The number of nitrogens with zero attached hydrogens (tertiary/aromatic N) is 1. The summed E-state index contributed by atoms with van der Waals surface area (Å²) in [7, 11) is -4.02. The van der Waals surface area contributed by atoms with Crippen LogP contribution in [0, 0.1) is 6.92 Å². The Balaban J connectivity index is 1.88. The second kappa shape index (κ2) is 10.7. The SMILES string of the molecule is CCOc1ccc(N(CC(=O)NC(C)c2ccc(C)cc2)S(=O)(=O)c2ccc(Cl)cc2)cc1. The summed E-state index contributed by atoms with van der Waals surface area (Å²) >= 11 is 5.93. The maximum Gasteiger partial charge on any atom is 0.264 e. The highest BCUT2D eigenvalue weighted by Gasteiger charge is 2.28. The number of hydrogen-bond donors (Lipinski definition) is 1. The van der Waals surface area contributed by atoms with Crippen molar-refractivity contribution in [1.29, 1.82) is 0 Å². The molecule has 1 amide bonds. The minimum Gasteiger partial charge on any atom is -0.494 e. The molecule has 3 rings (SSSR count). The van der Waals surface area contributed by atoms with Crippen molar-refractivity contribution in [3.05, 3.63) is 88.9 Å². The van der Waals surface area contributed by atoms with E-state index in [-0.39, 0.29) is 17.5 Å². The molecule has 0 saturated carbocycles. The minimum atomic E-state index is -4.02. The summed E-state index contributed by atoms with van der Waals surface area (Å²) in [5.74, 6) is 0.192. The van der Waals surface area contributed by atoms with Crippen molar-refractivity contribution < 1.29 is 17.9 Å². The fraction of sp³-hybridized carbons (Fsp3) is 0.240. The molecule has 8 heteroatoms. The number of hydrogen-bond acceptors (Lipinski definition) is 4. The molecule has 1 N–H and O–H groups in total. The lowest BCUT2D eigenvalue weighted by Gasteiger charge is -2.25. The van der Waals surface area contributed by atoms with Gasteiger partial charge in [-0.15, -0.1) is 0 Å². The first-order valence-corrected chi connectivity index (χ1v) is 12.4. The molecule has 0 aliphatic rings. The lowest BCUT2D eigenvalue weighted by Crippen LogP contribution is -2.41. The molecule has 0 aromatic heterocycles. The monoisotopic (exact) mass is 486 g/mol. The maximum atomic E-state index is 13.5. The van der Waals surface area contributed by atoms with E-state index in [9.17, 15) is 13.2 Å². The van der Waals surface area contributed by atoms with Crippen LogP contribution in [0.2, 0.25) is 5.02 Å². The molecule has 0 aliphatic carbocycles. The zero-order valence-corrected chi connectivity index (χ0v) is 20.4. The zero-order chi connectivity index (χ0) is 24.0. The van der Waals surface area contributed by atoms with Crippen LogP contribution in [0.5, 0.6) is 5.75 Å². The summed E-state index contributed by atoms with van der Waals surface area (Å²) in [6.07, 6.45) is 0. The van der Waals surface area contributed by atoms with Gasteiger partial charge in [0, 0.05) is 5.02 Å². The molecule has 174 valence electrons. The molecular formula is C25H27ClN2O4S. The fourth-order valence-electron chi connectivity index (χ4n) is 3.28. The first-order valence-electron chi connectivity index (χ1n) is 10.6. The highest BCUT2D eigenvalue weighted by molar-refractivity contribution is 7.92. The van der Waals surface area contributed by atoms with Crippen molar-refractivity contribution in [3.63, 3.8) is 0 Å². The zero-order valence-electron chi connectivity index (χ0n) is 18.8. The molecule has 1 atom stereocenters. The number of aryl methyl sites for hydroxylation is 1.